The summed E-state index contributed by atoms with van der Waals surface area (Å²) in [5.41, 5.74) is 0. The monoisotopic (exact) mass is 300 g/mol. The molecule has 4 nitrogen and oxygen atoms in total. The van der Waals surface area contributed by atoms with Gasteiger partial charge in [0.1, 0.15) is 6.29 Å². The number of carbonyl (C=O) groups excluding carboxylic acids is 1. The van der Waals surface area contributed by atoms with Gasteiger partial charge in [0.05, 0.1) is 12.2 Å². The second-order valence-corrected chi connectivity index (χ2v) is 6.94. The molecule has 2 bridgehead atoms. The Kier molecular flexibility index (Phi) is 6.36. The number of ether oxygens (including phenoxy) is 1. The number of fused-ring (bicyclic) bond motifs is 2. The van der Waals surface area contributed by atoms with Gasteiger partial charge in [-0.25, -0.2) is 0 Å². The quantitative estimate of drug-likeness (QED) is 0.496. The van der Waals surface area contributed by atoms with Crippen molar-refractivity contribution >= 4 is 24.0 Å². The van der Waals surface area contributed by atoms with E-state index < -0.39 is 5.97 Å². The molecule has 0 aromatic carbocycles. The number of rotatable bonds is 10. The van der Waals surface area contributed by atoms with Gasteiger partial charge in [-0.1, -0.05) is 0 Å². The van der Waals surface area contributed by atoms with E-state index in [0.717, 1.165) is 43.5 Å². The Bertz CT molecular complexity index is 334. The number of hydrogen-bond donors (Lipinski definition) is 1. The standard InChI is InChI=1S/C15H24O4S/c16-8-3-4-11-12(14-7-6-13(11)19-14)10-20-9-2-1-5-15(17)18/h8,11-14H,1-7,9-10H2,(H,17,18)/t11-,12+,13-,14+/m1/s1. The van der Waals surface area contributed by atoms with E-state index in [4.69, 9.17) is 9.84 Å². The fourth-order valence-electron chi connectivity index (χ4n) is 3.46. The van der Waals surface area contributed by atoms with E-state index in [-0.39, 0.29) is 6.42 Å². The van der Waals surface area contributed by atoms with Gasteiger partial charge >= 0.3 is 5.97 Å². The summed E-state index contributed by atoms with van der Waals surface area (Å²) in [6.45, 7) is 0. The summed E-state index contributed by atoms with van der Waals surface area (Å²) in [6.07, 6.45) is 7.77. The Morgan fingerprint density at radius 1 is 1.25 bits per heavy atom. The minimum Gasteiger partial charge on any atom is -0.481 e. The Labute approximate surface area is 124 Å². The number of carboxylic acids is 1. The average Bonchev–Trinajstić information content (AvgIpc) is 3.01. The first kappa shape index (κ1) is 15.8. The highest BCUT2D eigenvalue weighted by Gasteiger charge is 2.47. The fraction of sp³-hybridized carbons (Fsp3) is 0.867. The van der Waals surface area contributed by atoms with Crippen LogP contribution in [0.1, 0.15) is 44.9 Å². The molecule has 0 saturated carbocycles. The number of carbonyl (C=O) groups is 2. The third kappa shape index (κ3) is 4.22. The van der Waals surface area contributed by atoms with Gasteiger partial charge in [0.25, 0.3) is 0 Å². The molecule has 2 heterocycles. The lowest BCUT2D eigenvalue weighted by atomic mass is 9.78. The van der Waals surface area contributed by atoms with E-state index in [1.807, 2.05) is 11.8 Å². The first-order valence-electron chi connectivity index (χ1n) is 7.61. The average molecular weight is 300 g/mol. The van der Waals surface area contributed by atoms with Crippen LogP contribution in [0.3, 0.4) is 0 Å². The molecule has 2 aliphatic heterocycles. The minimum atomic E-state index is -0.703. The van der Waals surface area contributed by atoms with E-state index in [1.165, 1.54) is 6.42 Å². The highest BCUT2D eigenvalue weighted by Crippen LogP contribution is 2.46. The highest BCUT2D eigenvalue weighted by molar-refractivity contribution is 7.99. The zero-order chi connectivity index (χ0) is 14.4. The van der Waals surface area contributed by atoms with Crippen molar-refractivity contribution in [2.45, 2.75) is 57.2 Å². The first-order valence-corrected chi connectivity index (χ1v) is 8.76. The topological polar surface area (TPSA) is 63.6 Å². The van der Waals surface area contributed by atoms with Crippen molar-refractivity contribution in [2.24, 2.45) is 11.8 Å². The third-order valence-electron chi connectivity index (χ3n) is 4.45. The zero-order valence-corrected chi connectivity index (χ0v) is 12.6. The molecule has 2 aliphatic rings. The molecule has 1 N–H and O–H groups in total. The Morgan fingerprint density at radius 3 is 2.70 bits per heavy atom. The van der Waals surface area contributed by atoms with E-state index in [0.29, 0.717) is 30.5 Å². The lowest BCUT2D eigenvalue weighted by Crippen LogP contribution is -2.29. The van der Waals surface area contributed by atoms with Crippen LogP contribution < -0.4 is 0 Å². The number of aldehydes is 1. The van der Waals surface area contributed by atoms with E-state index >= 15 is 0 Å². The summed E-state index contributed by atoms with van der Waals surface area (Å²) >= 11 is 1.92. The van der Waals surface area contributed by atoms with Crippen LogP contribution in [-0.4, -0.2) is 41.1 Å². The van der Waals surface area contributed by atoms with Crippen molar-refractivity contribution in [3.63, 3.8) is 0 Å². The molecule has 2 saturated heterocycles. The summed E-state index contributed by atoms with van der Waals surface area (Å²) in [6, 6.07) is 0. The van der Waals surface area contributed by atoms with Crippen molar-refractivity contribution in [1.29, 1.82) is 0 Å². The summed E-state index contributed by atoms with van der Waals surface area (Å²) in [7, 11) is 0. The lowest BCUT2D eigenvalue weighted by molar-refractivity contribution is -0.137. The van der Waals surface area contributed by atoms with Crippen LogP contribution in [0, 0.1) is 11.8 Å². The summed E-state index contributed by atoms with van der Waals surface area (Å²) in [5, 5.41) is 8.58. The van der Waals surface area contributed by atoms with Crippen LogP contribution in [0.15, 0.2) is 0 Å². The molecule has 0 aromatic rings. The maximum atomic E-state index is 10.6. The smallest absolute Gasteiger partial charge is 0.303 e. The molecular weight excluding hydrogens is 276 g/mol. The van der Waals surface area contributed by atoms with E-state index in [1.54, 1.807) is 0 Å². The van der Waals surface area contributed by atoms with Gasteiger partial charge < -0.3 is 14.6 Å². The predicted molar refractivity (Wildman–Crippen MR) is 79.0 cm³/mol. The maximum Gasteiger partial charge on any atom is 0.303 e. The maximum absolute atomic E-state index is 10.6. The van der Waals surface area contributed by atoms with E-state index in [9.17, 15) is 9.59 Å². The predicted octanol–water partition coefficient (Wildman–Crippen LogP) is 2.75. The van der Waals surface area contributed by atoms with Gasteiger partial charge in [-0.2, -0.15) is 11.8 Å². The van der Waals surface area contributed by atoms with Gasteiger partial charge in [-0.3, -0.25) is 4.79 Å². The number of hydrogen-bond acceptors (Lipinski definition) is 4. The van der Waals surface area contributed by atoms with Crippen LogP contribution in [0.4, 0.5) is 0 Å². The Morgan fingerprint density at radius 2 is 2.00 bits per heavy atom. The van der Waals surface area contributed by atoms with Crippen LogP contribution in [0.5, 0.6) is 0 Å². The van der Waals surface area contributed by atoms with Crippen molar-refractivity contribution < 1.29 is 19.4 Å². The largest absolute Gasteiger partial charge is 0.481 e. The van der Waals surface area contributed by atoms with E-state index in [2.05, 4.69) is 0 Å². The second-order valence-electron chi connectivity index (χ2n) is 5.79. The van der Waals surface area contributed by atoms with Crippen molar-refractivity contribution in [2.75, 3.05) is 11.5 Å². The highest BCUT2D eigenvalue weighted by atomic mass is 32.2. The SMILES string of the molecule is O=CCC[C@@H]1[C@H](CSCCCCC(=O)O)[C@@H]2CC[C@H]1O2. The molecule has 0 aromatic heterocycles. The number of carboxylic acid groups (broad SMARTS) is 1. The number of aliphatic carboxylic acids is 1. The molecule has 2 fully saturated rings. The molecular formula is C15H24O4S. The molecule has 4 atom stereocenters. The van der Waals surface area contributed by atoms with Crippen LogP contribution in [0.25, 0.3) is 0 Å². The van der Waals surface area contributed by atoms with Crippen LogP contribution >= 0.6 is 11.8 Å². The summed E-state index contributed by atoms with van der Waals surface area (Å²) < 4.78 is 6.00. The Balaban J connectivity index is 1.65. The summed E-state index contributed by atoms with van der Waals surface area (Å²) in [5.74, 6) is 2.58. The van der Waals surface area contributed by atoms with Gasteiger partial charge in [0.2, 0.25) is 0 Å². The van der Waals surface area contributed by atoms with Crippen LogP contribution in [-0.2, 0) is 14.3 Å². The minimum absolute atomic E-state index is 0.278. The molecule has 0 spiro atoms. The molecule has 114 valence electrons. The second kappa shape index (κ2) is 8.03. The van der Waals surface area contributed by atoms with Crippen LogP contribution in [0.2, 0.25) is 0 Å². The fourth-order valence-corrected chi connectivity index (χ4v) is 4.77. The first-order chi connectivity index (χ1) is 9.72. The molecule has 0 radical (unpaired) electrons. The molecule has 20 heavy (non-hydrogen) atoms. The zero-order valence-electron chi connectivity index (χ0n) is 11.8. The molecule has 0 aliphatic carbocycles. The van der Waals surface area contributed by atoms with Gasteiger partial charge in [-0.05, 0) is 55.4 Å². The van der Waals surface area contributed by atoms with Gasteiger partial charge in [-0.15, -0.1) is 0 Å². The van der Waals surface area contributed by atoms with Crippen molar-refractivity contribution in [1.82, 2.24) is 0 Å². The third-order valence-corrected chi connectivity index (χ3v) is 5.65. The molecule has 0 unspecified atom stereocenters. The normalized spacial score (nSPS) is 31.6. The molecule has 0 amide bonds. The Hall–Kier alpha value is -0.550. The lowest BCUT2D eigenvalue weighted by Gasteiger charge is -2.27. The van der Waals surface area contributed by atoms with Gasteiger partial charge in [0.15, 0.2) is 0 Å². The molecule has 5 heteroatoms. The van der Waals surface area contributed by atoms with Crippen molar-refractivity contribution in [3.8, 4) is 0 Å². The summed E-state index contributed by atoms with van der Waals surface area (Å²) in [4.78, 5) is 21.0. The number of unbranched alkanes of at least 4 members (excludes halogenated alkanes) is 1. The van der Waals surface area contributed by atoms with Gasteiger partial charge in [0, 0.05) is 12.8 Å². The molecule has 2 rings (SSSR count). The van der Waals surface area contributed by atoms with Crippen molar-refractivity contribution in [3.05, 3.63) is 0 Å². The number of thioether (sulfide) groups is 1.